The fourth-order valence-corrected chi connectivity index (χ4v) is 1.72. The molecule has 0 saturated carbocycles. The van der Waals surface area contributed by atoms with Crippen LogP contribution < -0.4 is 11.2 Å². The summed E-state index contributed by atoms with van der Waals surface area (Å²) in [6.45, 7) is -1.65. The zero-order valence-electron chi connectivity index (χ0n) is 11.2. The summed E-state index contributed by atoms with van der Waals surface area (Å²) in [5.74, 6) is -3.81. The van der Waals surface area contributed by atoms with Gasteiger partial charge in [-0.1, -0.05) is 24.3 Å². The maximum absolute atomic E-state index is 12.5. The number of aliphatic carboxylic acids is 1. The van der Waals surface area contributed by atoms with Gasteiger partial charge in [-0.3, -0.25) is 9.59 Å². The number of carbonyl (C=O) groups excluding carboxylic acids is 1. The maximum Gasteiger partial charge on any atom is 0.471 e. The topological polar surface area (TPSA) is 116 Å². The quantitative estimate of drug-likeness (QED) is 0.450. The van der Waals surface area contributed by atoms with Crippen molar-refractivity contribution in [3.05, 3.63) is 35.4 Å². The van der Waals surface area contributed by atoms with E-state index in [0.29, 0.717) is 5.56 Å². The summed E-state index contributed by atoms with van der Waals surface area (Å²) < 4.78 is 37.4. The van der Waals surface area contributed by atoms with Gasteiger partial charge < -0.3 is 20.9 Å². The number of amides is 1. The first-order valence-corrected chi connectivity index (χ1v) is 5.97. The number of nitrogens with zero attached hydrogens (tertiary/aromatic N) is 1. The summed E-state index contributed by atoms with van der Waals surface area (Å²) in [4.78, 5) is 22.0. The molecule has 0 aliphatic heterocycles. The molecule has 1 rings (SSSR count). The number of nitrogens with two attached hydrogens (primary N) is 1. The first kappa shape index (κ1) is 17.9. The second kappa shape index (κ2) is 7.20. The first-order valence-electron chi connectivity index (χ1n) is 5.97. The number of hydroxylamine groups is 1. The van der Waals surface area contributed by atoms with Crippen LogP contribution in [0.3, 0.4) is 0 Å². The second-order valence-electron chi connectivity index (χ2n) is 4.40. The lowest BCUT2D eigenvalue weighted by atomic mass is 10.1. The smallest absolute Gasteiger partial charge is 0.471 e. The summed E-state index contributed by atoms with van der Waals surface area (Å²) in [5, 5.41) is 17.3. The molecule has 0 aliphatic carbocycles. The van der Waals surface area contributed by atoms with E-state index in [1.165, 1.54) is 24.3 Å². The largest absolute Gasteiger partial charge is 0.480 e. The minimum absolute atomic E-state index is 0.166. The van der Waals surface area contributed by atoms with Crippen LogP contribution in [-0.4, -0.2) is 39.8 Å². The molecule has 1 atom stereocenters. The number of rotatable bonds is 6. The van der Waals surface area contributed by atoms with Gasteiger partial charge in [-0.05, 0) is 11.1 Å². The highest BCUT2D eigenvalue weighted by Gasteiger charge is 2.43. The molecule has 0 aliphatic rings. The molecule has 1 amide bonds. The van der Waals surface area contributed by atoms with Crippen molar-refractivity contribution in [2.75, 3.05) is 6.54 Å². The third kappa shape index (κ3) is 4.98. The van der Waals surface area contributed by atoms with Gasteiger partial charge in [0.15, 0.2) is 0 Å². The number of alkyl halides is 3. The van der Waals surface area contributed by atoms with E-state index >= 15 is 0 Å². The Kier molecular flexibility index (Phi) is 5.85. The lowest BCUT2D eigenvalue weighted by Crippen LogP contribution is -2.43. The van der Waals surface area contributed by atoms with Crippen LogP contribution in [0.1, 0.15) is 17.3 Å². The number of benzene rings is 1. The Morgan fingerprint density at radius 2 is 2.00 bits per heavy atom. The average molecular weight is 321 g/mol. The minimum atomic E-state index is -5.17. The fourth-order valence-electron chi connectivity index (χ4n) is 1.72. The molecule has 0 bridgehead atoms. The van der Waals surface area contributed by atoms with Gasteiger partial charge in [-0.2, -0.15) is 18.7 Å². The van der Waals surface area contributed by atoms with Crippen LogP contribution in [-0.2, 0) is 16.1 Å². The average Bonchev–Trinajstić information content (AvgIpc) is 2.43. The lowest BCUT2D eigenvalue weighted by Gasteiger charge is -2.22. The van der Waals surface area contributed by atoms with E-state index in [0.717, 1.165) is 0 Å². The molecule has 22 heavy (non-hydrogen) atoms. The molecule has 1 aromatic carbocycles. The van der Waals surface area contributed by atoms with E-state index < -0.39 is 37.3 Å². The molecule has 1 unspecified atom stereocenters. The van der Waals surface area contributed by atoms with Crippen molar-refractivity contribution in [2.45, 2.75) is 18.9 Å². The number of hydrogen-bond donors (Lipinski definition) is 4. The molecule has 0 aromatic heterocycles. The Balaban J connectivity index is 2.99. The van der Waals surface area contributed by atoms with Crippen LogP contribution in [0, 0.1) is 0 Å². The molecule has 1 aromatic rings. The van der Waals surface area contributed by atoms with E-state index in [9.17, 15) is 22.8 Å². The number of hydrogen-bond acceptors (Lipinski definition) is 5. The zero-order valence-corrected chi connectivity index (χ0v) is 11.2. The van der Waals surface area contributed by atoms with Gasteiger partial charge in [0.2, 0.25) is 0 Å². The van der Waals surface area contributed by atoms with Crippen molar-refractivity contribution in [2.24, 2.45) is 5.73 Å². The van der Waals surface area contributed by atoms with Crippen molar-refractivity contribution in [3.63, 3.8) is 0 Å². The molecule has 10 heteroatoms. The van der Waals surface area contributed by atoms with Crippen LogP contribution in [0.2, 0.25) is 0 Å². The van der Waals surface area contributed by atoms with E-state index in [1.807, 2.05) is 0 Å². The monoisotopic (exact) mass is 321 g/mol. The van der Waals surface area contributed by atoms with Crippen LogP contribution in [0.25, 0.3) is 0 Å². The first-order chi connectivity index (χ1) is 10.1. The standard InChI is InChI=1S/C12H14F3N3O4/c13-12(14,15)11(21)18(6-9(19)20)5-7-2-1-3-8(4-7)10(16)17-22/h1-4,10,17,22H,5-6,16H2,(H,19,20). The molecule has 0 radical (unpaired) electrons. The van der Waals surface area contributed by atoms with Gasteiger partial charge in [0.1, 0.15) is 12.7 Å². The van der Waals surface area contributed by atoms with Gasteiger partial charge in [-0.25, -0.2) is 0 Å². The number of carboxylic acid groups (broad SMARTS) is 1. The highest BCUT2D eigenvalue weighted by atomic mass is 19.4. The predicted molar refractivity (Wildman–Crippen MR) is 67.4 cm³/mol. The number of nitrogens with one attached hydrogen (secondary N) is 1. The van der Waals surface area contributed by atoms with Crippen LogP contribution >= 0.6 is 0 Å². The third-order valence-electron chi connectivity index (χ3n) is 2.68. The second-order valence-corrected chi connectivity index (χ2v) is 4.40. The van der Waals surface area contributed by atoms with Crippen LogP contribution in [0.4, 0.5) is 13.2 Å². The molecule has 7 nitrogen and oxygen atoms in total. The molecule has 5 N–H and O–H groups in total. The molecular formula is C12H14F3N3O4. The van der Waals surface area contributed by atoms with Crippen molar-refractivity contribution in [1.29, 1.82) is 0 Å². The number of halogens is 3. The summed E-state index contributed by atoms with van der Waals surface area (Å²) in [5.41, 5.74) is 7.85. The van der Waals surface area contributed by atoms with Gasteiger partial charge in [0.05, 0.1) is 0 Å². The third-order valence-corrected chi connectivity index (χ3v) is 2.68. The Morgan fingerprint density at radius 3 is 2.50 bits per heavy atom. The van der Waals surface area contributed by atoms with E-state index in [4.69, 9.17) is 16.0 Å². The molecule has 0 saturated heterocycles. The van der Waals surface area contributed by atoms with Crippen LogP contribution in [0.15, 0.2) is 24.3 Å². The van der Waals surface area contributed by atoms with Crippen molar-refractivity contribution in [3.8, 4) is 0 Å². The minimum Gasteiger partial charge on any atom is -0.480 e. The molecular weight excluding hydrogens is 307 g/mol. The van der Waals surface area contributed by atoms with Crippen molar-refractivity contribution >= 4 is 11.9 Å². The molecule has 0 spiro atoms. The summed E-state index contributed by atoms with van der Waals surface area (Å²) in [6, 6.07) is 5.72. The molecule has 122 valence electrons. The Bertz CT molecular complexity index is 551. The summed E-state index contributed by atoms with van der Waals surface area (Å²) in [7, 11) is 0. The SMILES string of the molecule is NC(NO)c1cccc(CN(CC(=O)O)C(=O)C(F)(F)F)c1. The molecule has 0 heterocycles. The fraction of sp³-hybridized carbons (Fsp3) is 0.333. The van der Waals surface area contributed by atoms with Gasteiger partial charge >= 0.3 is 18.1 Å². The zero-order chi connectivity index (χ0) is 16.9. The van der Waals surface area contributed by atoms with Crippen LogP contribution in [0.5, 0.6) is 0 Å². The normalized spacial score (nSPS) is 12.8. The Hall–Kier alpha value is -2.17. The van der Waals surface area contributed by atoms with Gasteiger partial charge in [0, 0.05) is 6.54 Å². The van der Waals surface area contributed by atoms with E-state index in [2.05, 4.69) is 0 Å². The molecule has 0 fully saturated rings. The highest BCUT2D eigenvalue weighted by Crippen LogP contribution is 2.20. The number of carboxylic acids is 1. The van der Waals surface area contributed by atoms with Gasteiger partial charge in [-0.15, -0.1) is 0 Å². The maximum atomic E-state index is 12.5. The highest BCUT2D eigenvalue weighted by molar-refractivity contribution is 5.85. The summed E-state index contributed by atoms with van der Waals surface area (Å²) in [6.07, 6.45) is -6.14. The summed E-state index contributed by atoms with van der Waals surface area (Å²) >= 11 is 0. The van der Waals surface area contributed by atoms with Crippen molar-refractivity contribution < 1.29 is 33.1 Å². The number of carbonyl (C=O) groups is 2. The Morgan fingerprint density at radius 1 is 1.36 bits per heavy atom. The van der Waals surface area contributed by atoms with E-state index in [1.54, 1.807) is 5.48 Å². The predicted octanol–water partition coefficient (Wildman–Crippen LogP) is 0.598. The van der Waals surface area contributed by atoms with E-state index in [-0.39, 0.29) is 10.5 Å². The van der Waals surface area contributed by atoms with Gasteiger partial charge in [0.25, 0.3) is 0 Å². The van der Waals surface area contributed by atoms with Crippen molar-refractivity contribution in [1.82, 2.24) is 10.4 Å². The Labute approximate surface area is 123 Å². The lowest BCUT2D eigenvalue weighted by molar-refractivity contribution is -0.187.